The van der Waals surface area contributed by atoms with E-state index in [9.17, 15) is 0 Å². The number of piperidine rings is 1. The lowest BCUT2D eigenvalue weighted by atomic mass is 10.1. The summed E-state index contributed by atoms with van der Waals surface area (Å²) in [7, 11) is 1.05. The Balaban J connectivity index is 2.09. The first-order valence-corrected chi connectivity index (χ1v) is 7.81. The highest BCUT2D eigenvalue weighted by molar-refractivity contribution is 14.1. The number of H-pyrrole nitrogens is 1. The van der Waals surface area contributed by atoms with Crippen molar-refractivity contribution in [2.24, 2.45) is 0 Å². The minimum Gasteiger partial charge on any atom is -0.370 e. The van der Waals surface area contributed by atoms with Crippen molar-refractivity contribution in [3.05, 3.63) is 16.0 Å². The predicted octanol–water partition coefficient (Wildman–Crippen LogP) is 1.69. The second-order valence-corrected chi connectivity index (χ2v) is 6.66. The van der Waals surface area contributed by atoms with Gasteiger partial charge in [0.15, 0.2) is 0 Å². The van der Waals surface area contributed by atoms with E-state index < -0.39 is 0 Å². The van der Waals surface area contributed by atoms with Crippen LogP contribution < -0.4 is 4.90 Å². The lowest BCUT2D eigenvalue weighted by molar-refractivity contribution is 0.579. The molecule has 2 aromatic rings. The van der Waals surface area contributed by atoms with Crippen LogP contribution in [-0.4, -0.2) is 32.7 Å². The van der Waals surface area contributed by atoms with Gasteiger partial charge in [0.05, 0.1) is 11.1 Å². The van der Waals surface area contributed by atoms with Gasteiger partial charge in [-0.3, -0.25) is 0 Å². The average Bonchev–Trinajstić information content (AvgIpc) is 2.84. The van der Waals surface area contributed by atoms with E-state index in [-0.39, 0.29) is 0 Å². The van der Waals surface area contributed by atoms with Crippen molar-refractivity contribution < 1.29 is 0 Å². The largest absolute Gasteiger partial charge is 0.370 e. The Morgan fingerprint density at radius 1 is 1.25 bits per heavy atom. The van der Waals surface area contributed by atoms with Gasteiger partial charge in [0, 0.05) is 29.1 Å². The molecule has 86 valence electrons. The summed E-state index contributed by atoms with van der Waals surface area (Å²) in [5, 5.41) is 1.43. The van der Waals surface area contributed by atoms with E-state index in [2.05, 4.69) is 49.1 Å². The molecular formula is C11H16IN3Si. The third-order valence-electron chi connectivity index (χ3n) is 3.43. The molecule has 1 saturated heterocycles. The summed E-state index contributed by atoms with van der Waals surface area (Å²) in [6.07, 6.45) is 8.51. The molecule has 1 aliphatic rings. The van der Waals surface area contributed by atoms with Crippen LogP contribution in [0.2, 0.25) is 0 Å². The van der Waals surface area contributed by atoms with Crippen LogP contribution in [0.5, 0.6) is 0 Å². The maximum atomic E-state index is 3.43. The Morgan fingerprint density at radius 2 is 2.00 bits per heavy atom. The fourth-order valence-electron chi connectivity index (χ4n) is 2.60. The number of hydrogen-bond donors (Lipinski definition) is 1. The van der Waals surface area contributed by atoms with Crippen LogP contribution in [0, 0.1) is 3.57 Å². The van der Waals surface area contributed by atoms with E-state index in [4.69, 9.17) is 0 Å². The Labute approximate surface area is 112 Å². The Morgan fingerprint density at radius 3 is 2.75 bits per heavy atom. The highest BCUT2D eigenvalue weighted by Crippen LogP contribution is 2.33. The van der Waals surface area contributed by atoms with Crippen molar-refractivity contribution in [2.75, 3.05) is 18.0 Å². The number of nitrogens with one attached hydrogen (secondary N) is 1. The van der Waals surface area contributed by atoms with Crippen molar-refractivity contribution >= 4 is 49.7 Å². The molecule has 0 atom stereocenters. The van der Waals surface area contributed by atoms with E-state index in [1.807, 2.05) is 0 Å². The summed E-state index contributed by atoms with van der Waals surface area (Å²) in [6, 6.07) is 0. The highest BCUT2D eigenvalue weighted by atomic mass is 127. The molecule has 3 nitrogen and oxygen atoms in total. The van der Waals surface area contributed by atoms with E-state index in [1.54, 1.807) is 0 Å². The third-order valence-corrected chi connectivity index (χ3v) is 4.96. The zero-order chi connectivity index (χ0) is 11.1. The maximum Gasteiger partial charge on any atom is 0.115 e. The van der Waals surface area contributed by atoms with Gasteiger partial charge in [-0.1, -0.05) is 0 Å². The van der Waals surface area contributed by atoms with Crippen LogP contribution in [0.25, 0.3) is 11.0 Å². The number of fused-ring (bicyclic) bond motifs is 1. The van der Waals surface area contributed by atoms with Crippen LogP contribution in [-0.2, 0) is 0 Å². The second kappa shape index (κ2) is 4.10. The Bertz CT molecular complexity index is 510. The molecule has 1 aliphatic heterocycles. The number of aromatic nitrogens is 2. The lowest BCUT2D eigenvalue weighted by Crippen LogP contribution is -2.29. The van der Waals surface area contributed by atoms with Gasteiger partial charge in [-0.05, 0) is 41.9 Å². The molecule has 0 amide bonds. The van der Waals surface area contributed by atoms with E-state index in [1.165, 1.54) is 52.6 Å². The van der Waals surface area contributed by atoms with Crippen molar-refractivity contribution in [2.45, 2.75) is 19.3 Å². The topological polar surface area (TPSA) is 24.0 Å². The molecule has 0 bridgehead atoms. The predicted molar refractivity (Wildman–Crippen MR) is 80.4 cm³/mol. The molecule has 0 aliphatic carbocycles. The van der Waals surface area contributed by atoms with Crippen LogP contribution in [0.15, 0.2) is 12.4 Å². The smallest absolute Gasteiger partial charge is 0.115 e. The molecule has 16 heavy (non-hydrogen) atoms. The lowest BCUT2D eigenvalue weighted by Gasteiger charge is -2.28. The van der Waals surface area contributed by atoms with Gasteiger partial charge in [0.2, 0.25) is 0 Å². The first-order valence-electron chi connectivity index (χ1n) is 5.84. The van der Waals surface area contributed by atoms with Crippen molar-refractivity contribution in [1.82, 2.24) is 9.22 Å². The number of hydrogen-bond acceptors (Lipinski definition) is 1. The molecule has 0 aromatic carbocycles. The molecule has 3 rings (SSSR count). The summed E-state index contributed by atoms with van der Waals surface area (Å²) in [6.45, 7) is 2.44. The molecule has 1 N–H and O–H groups in total. The van der Waals surface area contributed by atoms with E-state index in [0.29, 0.717) is 0 Å². The first-order chi connectivity index (χ1) is 7.77. The molecule has 0 radical (unpaired) electrons. The molecule has 2 aromatic heterocycles. The number of halogens is 1. The van der Waals surface area contributed by atoms with Crippen LogP contribution in [0.3, 0.4) is 0 Å². The second-order valence-electron chi connectivity index (χ2n) is 4.53. The highest BCUT2D eigenvalue weighted by Gasteiger charge is 2.18. The molecule has 5 heteroatoms. The van der Waals surface area contributed by atoms with Crippen LogP contribution in [0.1, 0.15) is 19.3 Å². The van der Waals surface area contributed by atoms with E-state index in [0.717, 1.165) is 10.4 Å². The minimum absolute atomic E-state index is 1.05. The standard InChI is InChI=1S/C11H16IN3Si/c12-8-7-15(16)11-10(8)9(6-13-11)14-4-2-1-3-5-14/h6-7,13H,1-5H2,16H3. The zero-order valence-corrected chi connectivity index (χ0v) is 13.6. The normalized spacial score (nSPS) is 17.4. The van der Waals surface area contributed by atoms with Gasteiger partial charge in [0.25, 0.3) is 0 Å². The fraction of sp³-hybridized carbons (Fsp3) is 0.455. The molecule has 1 fully saturated rings. The van der Waals surface area contributed by atoms with E-state index >= 15 is 0 Å². The average molecular weight is 345 g/mol. The van der Waals surface area contributed by atoms with Crippen LogP contribution in [0.4, 0.5) is 5.69 Å². The molecule has 0 saturated carbocycles. The SMILES string of the molecule is [SiH3]n1cc(I)c2c(N3CCCCC3)c[nH]c21. The Kier molecular flexibility index (Phi) is 2.74. The van der Waals surface area contributed by atoms with Gasteiger partial charge in [-0.15, -0.1) is 0 Å². The van der Waals surface area contributed by atoms with Gasteiger partial charge < -0.3 is 14.1 Å². The summed E-state index contributed by atoms with van der Waals surface area (Å²) in [5.41, 5.74) is 2.71. The summed E-state index contributed by atoms with van der Waals surface area (Å²) >= 11 is 2.45. The minimum atomic E-state index is 1.05. The summed E-state index contributed by atoms with van der Waals surface area (Å²) in [4.78, 5) is 5.96. The van der Waals surface area contributed by atoms with Gasteiger partial charge in [-0.2, -0.15) is 0 Å². The number of anilines is 1. The molecule has 0 unspecified atom stereocenters. The number of aromatic amines is 1. The van der Waals surface area contributed by atoms with Crippen molar-refractivity contribution in [3.63, 3.8) is 0 Å². The Hall–Kier alpha value is -0.433. The van der Waals surface area contributed by atoms with Gasteiger partial charge in [0.1, 0.15) is 16.1 Å². The summed E-state index contributed by atoms with van der Waals surface area (Å²) in [5.74, 6) is 0. The monoisotopic (exact) mass is 345 g/mol. The maximum absolute atomic E-state index is 3.43. The molecular weight excluding hydrogens is 329 g/mol. The summed E-state index contributed by atoms with van der Waals surface area (Å²) < 4.78 is 3.69. The van der Waals surface area contributed by atoms with Gasteiger partial charge >= 0.3 is 0 Å². The first kappa shape index (κ1) is 10.7. The molecule has 0 spiro atoms. The number of rotatable bonds is 1. The molecule has 3 heterocycles. The fourth-order valence-corrected chi connectivity index (χ4v) is 4.69. The quantitative estimate of drug-likeness (QED) is 0.617. The third kappa shape index (κ3) is 1.60. The number of nitrogens with zero attached hydrogens (tertiary/aromatic N) is 2. The van der Waals surface area contributed by atoms with Gasteiger partial charge in [-0.25, -0.2) is 0 Å². The van der Waals surface area contributed by atoms with Crippen LogP contribution >= 0.6 is 22.6 Å². The van der Waals surface area contributed by atoms with Crippen molar-refractivity contribution in [1.29, 1.82) is 0 Å². The van der Waals surface area contributed by atoms with Crippen molar-refractivity contribution in [3.8, 4) is 0 Å². The zero-order valence-electron chi connectivity index (χ0n) is 9.46.